The van der Waals surface area contributed by atoms with E-state index in [4.69, 9.17) is 17.3 Å². The molecule has 3 heteroatoms. The van der Waals surface area contributed by atoms with Crippen LogP contribution in [0.1, 0.15) is 18.1 Å². The predicted octanol–water partition coefficient (Wildman–Crippen LogP) is 1.72. The molecule has 1 aromatic rings. The molecular formula is C9H12ClNO. The third-order valence-electron chi connectivity index (χ3n) is 1.69. The molecule has 0 heterocycles. The minimum atomic E-state index is -0.465. The summed E-state index contributed by atoms with van der Waals surface area (Å²) in [5, 5.41) is 10.2. The molecule has 0 bridgehead atoms. The van der Waals surface area contributed by atoms with Gasteiger partial charge in [-0.3, -0.25) is 0 Å². The lowest BCUT2D eigenvalue weighted by atomic mass is 10.1. The lowest BCUT2D eigenvalue weighted by Gasteiger charge is -2.08. The van der Waals surface area contributed by atoms with E-state index in [1.807, 2.05) is 12.1 Å². The van der Waals surface area contributed by atoms with E-state index in [-0.39, 0.29) is 0 Å². The molecule has 0 aliphatic carbocycles. The van der Waals surface area contributed by atoms with Gasteiger partial charge in [0, 0.05) is 5.02 Å². The highest BCUT2D eigenvalue weighted by Gasteiger charge is 2.04. The van der Waals surface area contributed by atoms with Gasteiger partial charge in [0.25, 0.3) is 0 Å². The van der Waals surface area contributed by atoms with Crippen molar-refractivity contribution < 1.29 is 5.11 Å². The van der Waals surface area contributed by atoms with Gasteiger partial charge >= 0.3 is 0 Å². The van der Waals surface area contributed by atoms with E-state index < -0.39 is 6.10 Å². The molecule has 0 unspecified atom stereocenters. The zero-order valence-corrected chi connectivity index (χ0v) is 7.46. The third-order valence-corrected chi connectivity index (χ3v) is 1.95. The molecule has 0 saturated heterocycles. The number of halogens is 1. The number of nitrogens with two attached hydrogens (primary N) is 1. The Balaban J connectivity index is 2.68. The van der Waals surface area contributed by atoms with E-state index in [2.05, 4.69) is 0 Å². The molecule has 0 aliphatic rings. The zero-order valence-electron chi connectivity index (χ0n) is 6.70. The standard InChI is InChI=1S/C9H12ClNO/c10-8-3-1-7(2-4-8)9(12)5-6-11/h1-4,9,12H,5-6,11H2/t9-/m1/s1. The van der Waals surface area contributed by atoms with E-state index in [1.54, 1.807) is 12.1 Å². The summed E-state index contributed by atoms with van der Waals surface area (Å²) in [7, 11) is 0. The number of hydrogen-bond donors (Lipinski definition) is 2. The highest BCUT2D eigenvalue weighted by atomic mass is 35.5. The second-order valence-electron chi connectivity index (χ2n) is 2.64. The van der Waals surface area contributed by atoms with Gasteiger partial charge in [0.05, 0.1) is 6.10 Å². The van der Waals surface area contributed by atoms with Gasteiger partial charge in [0.1, 0.15) is 0 Å². The van der Waals surface area contributed by atoms with Crippen molar-refractivity contribution in [1.82, 2.24) is 0 Å². The number of hydrogen-bond acceptors (Lipinski definition) is 2. The van der Waals surface area contributed by atoms with Crippen LogP contribution in [0.4, 0.5) is 0 Å². The molecule has 0 fully saturated rings. The average Bonchev–Trinajstić information content (AvgIpc) is 2.06. The maximum absolute atomic E-state index is 9.49. The van der Waals surface area contributed by atoms with E-state index in [0.29, 0.717) is 18.0 Å². The Morgan fingerprint density at radius 2 is 1.92 bits per heavy atom. The molecule has 0 aliphatic heterocycles. The smallest absolute Gasteiger partial charge is 0.0802 e. The van der Waals surface area contributed by atoms with E-state index >= 15 is 0 Å². The fraction of sp³-hybridized carbons (Fsp3) is 0.333. The van der Waals surface area contributed by atoms with Crippen LogP contribution in [0.2, 0.25) is 5.02 Å². The Labute approximate surface area is 77.0 Å². The van der Waals surface area contributed by atoms with Crippen LogP contribution >= 0.6 is 11.6 Å². The first kappa shape index (κ1) is 9.52. The van der Waals surface area contributed by atoms with Crippen LogP contribution in [-0.4, -0.2) is 11.7 Å². The number of aliphatic hydroxyl groups is 1. The summed E-state index contributed by atoms with van der Waals surface area (Å²) in [6, 6.07) is 7.14. The molecule has 3 N–H and O–H groups in total. The van der Waals surface area contributed by atoms with Crippen molar-refractivity contribution in [1.29, 1.82) is 0 Å². The molecule has 2 nitrogen and oxygen atoms in total. The fourth-order valence-corrected chi connectivity index (χ4v) is 1.14. The molecule has 12 heavy (non-hydrogen) atoms. The van der Waals surface area contributed by atoms with Crippen molar-refractivity contribution in [3.05, 3.63) is 34.9 Å². The summed E-state index contributed by atoms with van der Waals surface area (Å²) in [5.41, 5.74) is 6.18. The number of aliphatic hydroxyl groups excluding tert-OH is 1. The first-order chi connectivity index (χ1) is 5.74. The first-order valence-electron chi connectivity index (χ1n) is 3.87. The number of benzene rings is 1. The van der Waals surface area contributed by atoms with Crippen molar-refractivity contribution in [2.75, 3.05) is 6.54 Å². The van der Waals surface area contributed by atoms with E-state index in [0.717, 1.165) is 5.56 Å². The van der Waals surface area contributed by atoms with Gasteiger partial charge in [0.2, 0.25) is 0 Å². The Kier molecular flexibility index (Phi) is 3.53. The maximum Gasteiger partial charge on any atom is 0.0802 e. The lowest BCUT2D eigenvalue weighted by molar-refractivity contribution is 0.170. The maximum atomic E-state index is 9.49. The summed E-state index contributed by atoms with van der Waals surface area (Å²) < 4.78 is 0. The summed E-state index contributed by atoms with van der Waals surface area (Å²) in [6.07, 6.45) is 0.119. The highest BCUT2D eigenvalue weighted by Crippen LogP contribution is 2.18. The molecule has 1 atom stereocenters. The normalized spacial score (nSPS) is 12.9. The Bertz CT molecular complexity index is 235. The van der Waals surface area contributed by atoms with Crippen LogP contribution in [0, 0.1) is 0 Å². The molecule has 0 radical (unpaired) electrons. The van der Waals surface area contributed by atoms with Crippen molar-refractivity contribution >= 4 is 11.6 Å². The molecular weight excluding hydrogens is 174 g/mol. The lowest BCUT2D eigenvalue weighted by Crippen LogP contribution is -2.06. The van der Waals surface area contributed by atoms with Gasteiger partial charge in [-0.15, -0.1) is 0 Å². The topological polar surface area (TPSA) is 46.2 Å². The summed E-state index contributed by atoms with van der Waals surface area (Å²) in [4.78, 5) is 0. The third kappa shape index (κ3) is 2.48. The minimum Gasteiger partial charge on any atom is -0.388 e. The zero-order chi connectivity index (χ0) is 8.97. The first-order valence-corrected chi connectivity index (χ1v) is 4.25. The Morgan fingerprint density at radius 1 is 1.33 bits per heavy atom. The van der Waals surface area contributed by atoms with Crippen LogP contribution in [-0.2, 0) is 0 Å². The van der Waals surface area contributed by atoms with Crippen molar-refractivity contribution in [2.24, 2.45) is 5.73 Å². The van der Waals surface area contributed by atoms with Gasteiger partial charge in [-0.2, -0.15) is 0 Å². The monoisotopic (exact) mass is 185 g/mol. The van der Waals surface area contributed by atoms with Crippen molar-refractivity contribution in [2.45, 2.75) is 12.5 Å². The summed E-state index contributed by atoms with van der Waals surface area (Å²) >= 11 is 5.69. The molecule has 1 aromatic carbocycles. The molecule has 66 valence electrons. The van der Waals surface area contributed by atoms with Crippen LogP contribution in [0.15, 0.2) is 24.3 Å². The Hall–Kier alpha value is -0.570. The SMILES string of the molecule is NCC[C@@H](O)c1ccc(Cl)cc1. The van der Waals surface area contributed by atoms with Gasteiger partial charge in [-0.1, -0.05) is 23.7 Å². The second-order valence-corrected chi connectivity index (χ2v) is 3.08. The second kappa shape index (κ2) is 4.45. The van der Waals surface area contributed by atoms with Crippen LogP contribution < -0.4 is 5.73 Å². The predicted molar refractivity (Wildman–Crippen MR) is 50.1 cm³/mol. The van der Waals surface area contributed by atoms with Crippen LogP contribution in [0.3, 0.4) is 0 Å². The highest BCUT2D eigenvalue weighted by molar-refractivity contribution is 6.30. The van der Waals surface area contributed by atoms with Crippen LogP contribution in [0.25, 0.3) is 0 Å². The average molecular weight is 186 g/mol. The molecule has 0 saturated carbocycles. The van der Waals surface area contributed by atoms with Gasteiger partial charge in [0.15, 0.2) is 0 Å². The largest absolute Gasteiger partial charge is 0.388 e. The van der Waals surface area contributed by atoms with E-state index in [9.17, 15) is 5.11 Å². The molecule has 0 spiro atoms. The van der Waals surface area contributed by atoms with Gasteiger partial charge < -0.3 is 10.8 Å². The minimum absolute atomic E-state index is 0.465. The van der Waals surface area contributed by atoms with E-state index in [1.165, 1.54) is 0 Å². The number of rotatable bonds is 3. The van der Waals surface area contributed by atoms with Crippen molar-refractivity contribution in [3.63, 3.8) is 0 Å². The Morgan fingerprint density at radius 3 is 2.42 bits per heavy atom. The molecule has 1 rings (SSSR count). The summed E-state index contributed by atoms with van der Waals surface area (Å²) in [5.74, 6) is 0. The van der Waals surface area contributed by atoms with Gasteiger partial charge in [-0.25, -0.2) is 0 Å². The molecule has 0 amide bonds. The van der Waals surface area contributed by atoms with Crippen molar-refractivity contribution in [3.8, 4) is 0 Å². The summed E-state index contributed by atoms with van der Waals surface area (Å²) in [6.45, 7) is 0.490. The quantitative estimate of drug-likeness (QED) is 0.754. The fourth-order valence-electron chi connectivity index (χ4n) is 1.01. The molecule has 0 aromatic heterocycles. The van der Waals surface area contributed by atoms with Gasteiger partial charge in [-0.05, 0) is 30.7 Å². The van der Waals surface area contributed by atoms with Crippen LogP contribution in [0.5, 0.6) is 0 Å².